The molecule has 21 heavy (non-hydrogen) atoms. The van der Waals surface area contributed by atoms with Crippen LogP contribution in [0.3, 0.4) is 0 Å². The van der Waals surface area contributed by atoms with Crippen LogP contribution in [0.4, 0.5) is 5.82 Å². The van der Waals surface area contributed by atoms with Crippen LogP contribution < -0.4 is 5.73 Å². The van der Waals surface area contributed by atoms with Gasteiger partial charge in [-0.25, -0.2) is 17.9 Å². The fourth-order valence-electron chi connectivity index (χ4n) is 1.60. The van der Waals surface area contributed by atoms with Gasteiger partial charge in [-0.1, -0.05) is 12.1 Å². The zero-order valence-electron chi connectivity index (χ0n) is 11.4. The van der Waals surface area contributed by atoms with Crippen molar-refractivity contribution in [2.24, 2.45) is 0 Å². The number of rotatable bonds is 5. The minimum Gasteiger partial charge on any atom is -0.463 e. The molecule has 0 aromatic carbocycles. The molecule has 0 saturated heterocycles. The van der Waals surface area contributed by atoms with Crippen molar-refractivity contribution < 1.29 is 22.4 Å². The Hall–Kier alpha value is -2.36. The van der Waals surface area contributed by atoms with Crippen LogP contribution in [-0.2, 0) is 21.1 Å². The maximum atomic E-state index is 11.7. The summed E-state index contributed by atoms with van der Waals surface area (Å²) in [5, 5.41) is 7.01. The number of hydrogen-bond acceptors (Lipinski definition) is 8. The molecule has 0 unspecified atom stereocenters. The molecule has 2 aromatic rings. The predicted octanol–water partition coefficient (Wildman–Crippen LogP) is 0.0818. The number of sulfone groups is 1. The topological polar surface area (TPSA) is 130 Å². The summed E-state index contributed by atoms with van der Waals surface area (Å²) in [5.41, 5.74) is 5.73. The first-order valence-electron chi connectivity index (χ1n) is 5.97. The van der Waals surface area contributed by atoms with Gasteiger partial charge in [0, 0.05) is 0 Å². The number of carbonyl (C=O) groups is 1. The first-order valence-corrected chi connectivity index (χ1v) is 7.63. The molecule has 2 heterocycles. The molecule has 0 aliphatic rings. The average Bonchev–Trinajstić information content (AvgIpc) is 3.07. The van der Waals surface area contributed by atoms with E-state index in [1.165, 1.54) is 24.8 Å². The van der Waals surface area contributed by atoms with Gasteiger partial charge in [0.2, 0.25) is 20.6 Å². The van der Waals surface area contributed by atoms with Crippen LogP contribution in [0.25, 0.3) is 0 Å². The van der Waals surface area contributed by atoms with Gasteiger partial charge in [-0.15, -0.1) is 5.10 Å². The van der Waals surface area contributed by atoms with Crippen molar-refractivity contribution in [2.75, 3.05) is 18.6 Å². The third-order valence-corrected chi connectivity index (χ3v) is 4.41. The summed E-state index contributed by atoms with van der Waals surface area (Å²) in [4.78, 5) is 11.3. The van der Waals surface area contributed by atoms with E-state index in [0.717, 1.165) is 0 Å². The Bertz CT molecular complexity index is 761. The minimum atomic E-state index is -3.54. The summed E-state index contributed by atoms with van der Waals surface area (Å²) in [6.45, 7) is 1.54. The number of carbonyl (C=O) groups excluding carboxylic acids is 1. The third-order valence-electron chi connectivity index (χ3n) is 2.77. The number of nitrogens with zero attached hydrogens (tertiary/aromatic N) is 3. The fraction of sp³-hybridized carbons (Fsp3) is 0.364. The second-order valence-electron chi connectivity index (χ2n) is 4.10. The summed E-state index contributed by atoms with van der Waals surface area (Å²) >= 11 is 0. The smallest absolute Gasteiger partial charge is 0.373 e. The largest absolute Gasteiger partial charge is 0.463 e. The molecule has 0 bridgehead atoms. The van der Waals surface area contributed by atoms with Crippen molar-refractivity contribution in [1.82, 2.24) is 15.0 Å². The first kappa shape index (κ1) is 15.0. The van der Waals surface area contributed by atoms with E-state index in [-0.39, 0.29) is 28.9 Å². The molecule has 2 rings (SSSR count). The van der Waals surface area contributed by atoms with Crippen molar-refractivity contribution in [2.45, 2.75) is 18.5 Å². The van der Waals surface area contributed by atoms with Gasteiger partial charge in [-0.3, -0.25) is 0 Å². The van der Waals surface area contributed by atoms with E-state index < -0.39 is 15.8 Å². The van der Waals surface area contributed by atoms with Crippen molar-refractivity contribution in [1.29, 1.82) is 0 Å². The quantitative estimate of drug-likeness (QED) is 0.768. The molecule has 10 heteroatoms. The number of nitrogens with two attached hydrogens (primary N) is 1. The SMILES string of the molecule is CCS(=O)(=O)c1nnn(Cc2ccc(C(=O)OC)o2)c1N. The Morgan fingerprint density at radius 2 is 2.19 bits per heavy atom. The van der Waals surface area contributed by atoms with Crippen molar-refractivity contribution >= 4 is 21.6 Å². The lowest BCUT2D eigenvalue weighted by Crippen LogP contribution is -2.10. The van der Waals surface area contributed by atoms with Gasteiger partial charge in [0.25, 0.3) is 0 Å². The zero-order chi connectivity index (χ0) is 15.6. The van der Waals surface area contributed by atoms with E-state index in [0.29, 0.717) is 5.76 Å². The summed E-state index contributed by atoms with van der Waals surface area (Å²) in [6, 6.07) is 2.99. The molecule has 9 nitrogen and oxygen atoms in total. The molecule has 0 fully saturated rings. The summed E-state index contributed by atoms with van der Waals surface area (Å²) in [5.74, 6) is -0.404. The lowest BCUT2D eigenvalue weighted by atomic mass is 10.4. The van der Waals surface area contributed by atoms with Gasteiger partial charge < -0.3 is 14.9 Å². The molecule has 2 aromatic heterocycles. The Morgan fingerprint density at radius 1 is 1.48 bits per heavy atom. The summed E-state index contributed by atoms with van der Waals surface area (Å²) in [7, 11) is -2.30. The molecular formula is C11H14N4O5S. The van der Waals surface area contributed by atoms with Gasteiger partial charge in [0.15, 0.2) is 5.82 Å². The lowest BCUT2D eigenvalue weighted by Gasteiger charge is -2.01. The normalized spacial score (nSPS) is 11.5. The average molecular weight is 314 g/mol. The fourth-order valence-corrected chi connectivity index (χ4v) is 2.46. The van der Waals surface area contributed by atoms with E-state index in [4.69, 9.17) is 10.2 Å². The molecule has 0 spiro atoms. The molecule has 0 aliphatic carbocycles. The molecule has 0 atom stereocenters. The number of esters is 1. The van der Waals surface area contributed by atoms with E-state index in [1.807, 2.05) is 0 Å². The highest BCUT2D eigenvalue weighted by molar-refractivity contribution is 7.91. The van der Waals surface area contributed by atoms with Gasteiger partial charge >= 0.3 is 5.97 Å². The van der Waals surface area contributed by atoms with Gasteiger partial charge in [-0.05, 0) is 12.1 Å². The Morgan fingerprint density at radius 3 is 2.81 bits per heavy atom. The Kier molecular flexibility index (Phi) is 3.98. The number of aromatic nitrogens is 3. The van der Waals surface area contributed by atoms with E-state index in [2.05, 4.69) is 15.0 Å². The molecule has 0 saturated carbocycles. The molecule has 0 aliphatic heterocycles. The standard InChI is InChI=1S/C11H14N4O5S/c1-3-21(17,18)10-9(12)15(14-13-10)6-7-4-5-8(20-7)11(16)19-2/h4-5H,3,6,12H2,1-2H3. The van der Waals surface area contributed by atoms with Crippen LogP contribution in [0, 0.1) is 0 Å². The molecule has 0 radical (unpaired) electrons. The van der Waals surface area contributed by atoms with Crippen molar-refractivity contribution in [3.05, 3.63) is 23.7 Å². The highest BCUT2D eigenvalue weighted by Crippen LogP contribution is 2.18. The Labute approximate surface area is 120 Å². The second kappa shape index (κ2) is 5.56. The first-order chi connectivity index (χ1) is 9.89. The number of ether oxygens (including phenoxy) is 1. The molecule has 114 valence electrons. The number of methoxy groups -OCH3 is 1. The zero-order valence-corrected chi connectivity index (χ0v) is 12.3. The van der Waals surface area contributed by atoms with Crippen LogP contribution in [0.5, 0.6) is 0 Å². The van der Waals surface area contributed by atoms with Crippen LogP contribution in [0.2, 0.25) is 0 Å². The van der Waals surface area contributed by atoms with Crippen LogP contribution in [-0.4, -0.2) is 42.2 Å². The van der Waals surface area contributed by atoms with Crippen LogP contribution >= 0.6 is 0 Å². The maximum absolute atomic E-state index is 11.7. The van der Waals surface area contributed by atoms with Crippen molar-refractivity contribution in [3.63, 3.8) is 0 Å². The highest BCUT2D eigenvalue weighted by Gasteiger charge is 2.22. The predicted molar refractivity (Wildman–Crippen MR) is 71.3 cm³/mol. The second-order valence-corrected chi connectivity index (χ2v) is 6.29. The Balaban J connectivity index is 2.25. The lowest BCUT2D eigenvalue weighted by molar-refractivity contribution is 0.0563. The minimum absolute atomic E-state index is 0.0348. The number of anilines is 1. The summed E-state index contributed by atoms with van der Waals surface area (Å²) in [6.07, 6.45) is 0. The maximum Gasteiger partial charge on any atom is 0.373 e. The van der Waals surface area contributed by atoms with Crippen LogP contribution in [0.15, 0.2) is 21.6 Å². The van der Waals surface area contributed by atoms with Gasteiger partial charge in [0.05, 0.1) is 12.9 Å². The molecule has 0 amide bonds. The monoisotopic (exact) mass is 314 g/mol. The summed E-state index contributed by atoms with van der Waals surface area (Å²) < 4.78 is 34.4. The van der Waals surface area contributed by atoms with Crippen LogP contribution in [0.1, 0.15) is 23.2 Å². The van der Waals surface area contributed by atoms with E-state index in [9.17, 15) is 13.2 Å². The van der Waals surface area contributed by atoms with Gasteiger partial charge in [0.1, 0.15) is 12.3 Å². The number of furan rings is 1. The number of nitrogen functional groups attached to an aromatic ring is 1. The van der Waals surface area contributed by atoms with Gasteiger partial charge in [-0.2, -0.15) is 0 Å². The van der Waals surface area contributed by atoms with E-state index in [1.54, 1.807) is 6.07 Å². The van der Waals surface area contributed by atoms with Crippen molar-refractivity contribution in [3.8, 4) is 0 Å². The van der Waals surface area contributed by atoms with E-state index >= 15 is 0 Å². The molecule has 2 N–H and O–H groups in total. The third kappa shape index (κ3) is 2.89. The molecular weight excluding hydrogens is 300 g/mol. The highest BCUT2D eigenvalue weighted by atomic mass is 32.2. The number of hydrogen-bond donors (Lipinski definition) is 1.